The Kier molecular flexibility index (Phi) is 5.78. The second-order valence-electron chi connectivity index (χ2n) is 6.55. The molecule has 1 aromatic heterocycles. The first-order chi connectivity index (χ1) is 11.3. The highest BCUT2D eigenvalue weighted by Crippen LogP contribution is 2.28. The number of aromatic nitrogens is 1. The van der Waals surface area contributed by atoms with Crippen LogP contribution >= 0.6 is 0 Å². The molecule has 0 aliphatic carbocycles. The summed E-state index contributed by atoms with van der Waals surface area (Å²) in [6.07, 6.45) is 4.36. The van der Waals surface area contributed by atoms with Crippen LogP contribution in [-0.4, -0.2) is 24.3 Å². The van der Waals surface area contributed by atoms with Crippen LogP contribution in [0.1, 0.15) is 45.2 Å². The predicted molar refractivity (Wildman–Crippen MR) is 97.3 cm³/mol. The standard InChI is InChI=1S/C19H26N2O2S/c1-5-19(3,4)17-7-9-18(10-8-17)24(22,23)21(6-2)15-16-11-13-20-14-12-16/h7-14H,5-6,15H2,1-4H3. The second kappa shape index (κ2) is 7.45. The van der Waals surface area contributed by atoms with E-state index in [1.54, 1.807) is 24.5 Å². The van der Waals surface area contributed by atoms with E-state index in [1.807, 2.05) is 31.2 Å². The molecule has 2 rings (SSSR count). The van der Waals surface area contributed by atoms with Crippen LogP contribution in [0.4, 0.5) is 0 Å². The van der Waals surface area contributed by atoms with Crippen LogP contribution in [0.5, 0.6) is 0 Å². The van der Waals surface area contributed by atoms with Crippen LogP contribution in [0.3, 0.4) is 0 Å². The number of sulfonamides is 1. The molecular formula is C19H26N2O2S. The molecule has 0 N–H and O–H groups in total. The fourth-order valence-electron chi connectivity index (χ4n) is 2.49. The lowest BCUT2D eigenvalue weighted by atomic mass is 9.82. The molecular weight excluding hydrogens is 320 g/mol. The Hall–Kier alpha value is -1.72. The lowest BCUT2D eigenvalue weighted by Gasteiger charge is -2.24. The Bertz CT molecular complexity index is 754. The third-order valence-corrected chi connectivity index (χ3v) is 6.55. The van der Waals surface area contributed by atoms with Gasteiger partial charge in [-0.1, -0.05) is 39.8 Å². The Labute approximate surface area is 145 Å². The molecule has 4 nitrogen and oxygen atoms in total. The minimum atomic E-state index is -3.51. The molecule has 0 aliphatic heterocycles. The number of nitrogens with zero attached hydrogens (tertiary/aromatic N) is 2. The highest BCUT2D eigenvalue weighted by molar-refractivity contribution is 7.89. The number of benzene rings is 1. The van der Waals surface area contributed by atoms with Crippen molar-refractivity contribution >= 4 is 10.0 Å². The quantitative estimate of drug-likeness (QED) is 0.762. The largest absolute Gasteiger partial charge is 0.265 e. The molecule has 0 spiro atoms. The van der Waals surface area contributed by atoms with Crippen molar-refractivity contribution < 1.29 is 8.42 Å². The van der Waals surface area contributed by atoms with E-state index in [1.165, 1.54) is 4.31 Å². The van der Waals surface area contributed by atoms with Crippen LogP contribution in [0, 0.1) is 0 Å². The maximum absolute atomic E-state index is 12.9. The van der Waals surface area contributed by atoms with Crippen molar-refractivity contribution in [3.8, 4) is 0 Å². The lowest BCUT2D eigenvalue weighted by molar-refractivity contribution is 0.423. The molecule has 0 unspecified atom stereocenters. The maximum atomic E-state index is 12.9. The predicted octanol–water partition coefficient (Wildman–Crippen LogP) is 3.98. The van der Waals surface area contributed by atoms with Gasteiger partial charge in [0.05, 0.1) is 4.90 Å². The van der Waals surface area contributed by atoms with Crippen molar-refractivity contribution in [1.82, 2.24) is 9.29 Å². The number of hydrogen-bond donors (Lipinski definition) is 0. The molecule has 5 heteroatoms. The highest BCUT2D eigenvalue weighted by atomic mass is 32.2. The van der Waals surface area contributed by atoms with Crippen LogP contribution in [0.15, 0.2) is 53.7 Å². The molecule has 0 atom stereocenters. The molecule has 0 saturated carbocycles. The van der Waals surface area contributed by atoms with Gasteiger partial charge >= 0.3 is 0 Å². The van der Waals surface area contributed by atoms with E-state index >= 15 is 0 Å². The van der Waals surface area contributed by atoms with Gasteiger partial charge in [-0.3, -0.25) is 4.98 Å². The fraction of sp³-hybridized carbons (Fsp3) is 0.421. The molecule has 0 bridgehead atoms. The molecule has 24 heavy (non-hydrogen) atoms. The Morgan fingerprint density at radius 1 is 1.00 bits per heavy atom. The number of pyridine rings is 1. The Morgan fingerprint density at radius 3 is 2.08 bits per heavy atom. The monoisotopic (exact) mass is 346 g/mol. The van der Waals surface area contributed by atoms with Crippen molar-refractivity contribution in [3.05, 3.63) is 59.9 Å². The first kappa shape index (κ1) is 18.6. The summed E-state index contributed by atoms with van der Waals surface area (Å²) in [6.45, 7) is 9.10. The Morgan fingerprint density at radius 2 is 1.58 bits per heavy atom. The van der Waals surface area contributed by atoms with E-state index < -0.39 is 10.0 Å². The lowest BCUT2D eigenvalue weighted by Crippen LogP contribution is -2.30. The Balaban J connectivity index is 2.28. The van der Waals surface area contributed by atoms with E-state index in [2.05, 4.69) is 25.8 Å². The van der Waals surface area contributed by atoms with Gasteiger partial charge in [0.15, 0.2) is 0 Å². The van der Waals surface area contributed by atoms with Crippen LogP contribution in [0.25, 0.3) is 0 Å². The molecule has 2 aromatic rings. The van der Waals surface area contributed by atoms with E-state index in [4.69, 9.17) is 0 Å². The van der Waals surface area contributed by atoms with Gasteiger partial charge < -0.3 is 0 Å². The molecule has 1 heterocycles. The van der Waals surface area contributed by atoms with E-state index in [-0.39, 0.29) is 5.41 Å². The summed E-state index contributed by atoms with van der Waals surface area (Å²) in [5.41, 5.74) is 2.13. The molecule has 0 radical (unpaired) electrons. The summed E-state index contributed by atoms with van der Waals surface area (Å²) in [5, 5.41) is 0. The second-order valence-corrected chi connectivity index (χ2v) is 8.49. The van der Waals surface area contributed by atoms with Crippen molar-refractivity contribution in [2.75, 3.05) is 6.54 Å². The molecule has 0 amide bonds. The van der Waals surface area contributed by atoms with Gasteiger partial charge in [0.2, 0.25) is 10.0 Å². The average molecular weight is 346 g/mol. The summed E-state index contributed by atoms with van der Waals surface area (Å²) in [5.74, 6) is 0. The van der Waals surface area contributed by atoms with Gasteiger partial charge in [-0.25, -0.2) is 8.42 Å². The maximum Gasteiger partial charge on any atom is 0.243 e. The van der Waals surface area contributed by atoms with Crippen LogP contribution < -0.4 is 0 Å². The van der Waals surface area contributed by atoms with Crippen LogP contribution in [0.2, 0.25) is 0 Å². The van der Waals surface area contributed by atoms with Gasteiger partial charge in [0, 0.05) is 25.5 Å². The number of rotatable bonds is 7. The minimum Gasteiger partial charge on any atom is -0.265 e. The van der Waals surface area contributed by atoms with Crippen molar-refractivity contribution in [3.63, 3.8) is 0 Å². The first-order valence-corrected chi connectivity index (χ1v) is 9.75. The zero-order valence-electron chi connectivity index (χ0n) is 14.9. The summed E-state index contributed by atoms with van der Waals surface area (Å²) in [7, 11) is -3.51. The molecule has 0 saturated heterocycles. The highest BCUT2D eigenvalue weighted by Gasteiger charge is 2.24. The van der Waals surface area contributed by atoms with E-state index in [0.717, 1.165) is 17.5 Å². The summed E-state index contributed by atoms with van der Waals surface area (Å²) in [6, 6.07) is 11.0. The van der Waals surface area contributed by atoms with E-state index in [0.29, 0.717) is 18.0 Å². The smallest absolute Gasteiger partial charge is 0.243 e. The third-order valence-electron chi connectivity index (χ3n) is 4.62. The van der Waals surface area contributed by atoms with Crippen molar-refractivity contribution in [2.24, 2.45) is 0 Å². The molecule has 0 aliphatic rings. The van der Waals surface area contributed by atoms with Gasteiger partial charge in [-0.2, -0.15) is 4.31 Å². The molecule has 0 fully saturated rings. The summed E-state index contributed by atoms with van der Waals surface area (Å²) < 4.78 is 27.3. The third kappa shape index (κ3) is 4.02. The van der Waals surface area contributed by atoms with Crippen molar-refractivity contribution in [1.29, 1.82) is 0 Å². The van der Waals surface area contributed by atoms with Gasteiger partial charge in [0.25, 0.3) is 0 Å². The normalized spacial score (nSPS) is 12.5. The SMILES string of the molecule is CCN(Cc1ccncc1)S(=O)(=O)c1ccc(C(C)(C)CC)cc1. The summed E-state index contributed by atoms with van der Waals surface area (Å²) >= 11 is 0. The molecule has 130 valence electrons. The van der Waals surface area contributed by atoms with E-state index in [9.17, 15) is 8.42 Å². The molecule has 1 aromatic carbocycles. The zero-order chi connectivity index (χ0) is 17.8. The zero-order valence-corrected chi connectivity index (χ0v) is 15.7. The first-order valence-electron chi connectivity index (χ1n) is 8.31. The minimum absolute atomic E-state index is 0.0454. The summed E-state index contributed by atoms with van der Waals surface area (Å²) in [4.78, 5) is 4.31. The average Bonchev–Trinajstić information content (AvgIpc) is 2.60. The van der Waals surface area contributed by atoms with Crippen LogP contribution in [-0.2, 0) is 22.0 Å². The number of hydrogen-bond acceptors (Lipinski definition) is 3. The topological polar surface area (TPSA) is 50.3 Å². The van der Waals surface area contributed by atoms with Gasteiger partial charge in [0.1, 0.15) is 0 Å². The van der Waals surface area contributed by atoms with Gasteiger partial charge in [-0.15, -0.1) is 0 Å². The fourth-order valence-corrected chi connectivity index (χ4v) is 3.93. The van der Waals surface area contributed by atoms with Gasteiger partial charge in [-0.05, 0) is 47.2 Å². The van der Waals surface area contributed by atoms with Crippen molar-refractivity contribution in [2.45, 2.75) is 51.0 Å².